The molecule has 62 valence electrons. The Bertz CT molecular complexity index is 159. The molecule has 0 spiro atoms. The number of aldehydes is 1. The molecule has 2 nitrogen and oxygen atoms in total. The Morgan fingerprint density at radius 2 is 2.45 bits per heavy atom. The van der Waals surface area contributed by atoms with Gasteiger partial charge in [0.05, 0.1) is 12.0 Å². The summed E-state index contributed by atoms with van der Waals surface area (Å²) in [7, 11) is 0. The van der Waals surface area contributed by atoms with Crippen molar-refractivity contribution in [2.45, 2.75) is 12.8 Å². The van der Waals surface area contributed by atoms with Crippen LogP contribution in [0.4, 0.5) is 0 Å². The monoisotopic (exact) mass is 174 g/mol. The van der Waals surface area contributed by atoms with Crippen LogP contribution < -0.4 is 0 Å². The van der Waals surface area contributed by atoms with Gasteiger partial charge in [-0.05, 0) is 12.8 Å². The van der Waals surface area contributed by atoms with E-state index in [-0.39, 0.29) is 5.41 Å². The van der Waals surface area contributed by atoms with E-state index >= 15 is 0 Å². The molecular weight excluding hydrogens is 164 g/mol. The summed E-state index contributed by atoms with van der Waals surface area (Å²) in [6.07, 6.45) is 4.29. The number of hydrogen-bond acceptors (Lipinski definition) is 2. The first-order valence-corrected chi connectivity index (χ1v) is 4.06. The number of ether oxygens (including phenoxy) is 1. The maximum atomic E-state index is 10.7. The summed E-state index contributed by atoms with van der Waals surface area (Å²) >= 11 is 5.36. The molecule has 0 aliphatic carbocycles. The first-order chi connectivity index (χ1) is 5.33. The first kappa shape index (κ1) is 8.75. The molecule has 1 unspecified atom stereocenters. The van der Waals surface area contributed by atoms with Gasteiger partial charge in [-0.1, -0.05) is 17.7 Å². The maximum Gasteiger partial charge on any atom is 0.128 e. The van der Waals surface area contributed by atoms with E-state index in [1.165, 1.54) is 5.54 Å². The smallest absolute Gasteiger partial charge is 0.128 e. The number of rotatable bonds is 3. The molecule has 1 rings (SSSR count). The maximum absolute atomic E-state index is 10.7. The largest absolute Gasteiger partial charge is 0.380 e. The second kappa shape index (κ2) is 3.88. The van der Waals surface area contributed by atoms with Crippen LogP contribution in [-0.4, -0.2) is 19.5 Å². The number of hydrogen-bond donors (Lipinski definition) is 0. The van der Waals surface area contributed by atoms with Crippen LogP contribution in [0.5, 0.6) is 0 Å². The van der Waals surface area contributed by atoms with Crippen molar-refractivity contribution in [3.8, 4) is 0 Å². The molecule has 1 saturated heterocycles. The van der Waals surface area contributed by atoms with Crippen molar-refractivity contribution in [3.05, 3.63) is 11.6 Å². The van der Waals surface area contributed by atoms with Gasteiger partial charge in [0.25, 0.3) is 0 Å². The highest BCUT2D eigenvalue weighted by molar-refractivity contribution is 6.25. The Kier molecular flexibility index (Phi) is 3.09. The lowest BCUT2D eigenvalue weighted by atomic mass is 9.86. The third-order valence-corrected chi connectivity index (χ3v) is 2.18. The van der Waals surface area contributed by atoms with Gasteiger partial charge in [-0.15, -0.1) is 0 Å². The number of halogens is 1. The summed E-state index contributed by atoms with van der Waals surface area (Å²) in [5, 5.41) is 0. The molecule has 0 radical (unpaired) electrons. The molecule has 0 N–H and O–H groups in total. The number of allylic oxidation sites excluding steroid dienone is 1. The Balaban J connectivity index is 2.52. The molecule has 0 bridgehead atoms. The first-order valence-electron chi connectivity index (χ1n) is 3.62. The van der Waals surface area contributed by atoms with Gasteiger partial charge >= 0.3 is 0 Å². The van der Waals surface area contributed by atoms with Gasteiger partial charge in [0, 0.05) is 12.1 Å². The van der Waals surface area contributed by atoms with Gasteiger partial charge in [-0.25, -0.2) is 0 Å². The summed E-state index contributed by atoms with van der Waals surface area (Å²) in [6, 6.07) is 0. The van der Waals surface area contributed by atoms with Crippen LogP contribution in [0.3, 0.4) is 0 Å². The lowest BCUT2D eigenvalue weighted by Crippen LogP contribution is -2.21. The highest BCUT2D eigenvalue weighted by atomic mass is 35.5. The Morgan fingerprint density at radius 1 is 1.64 bits per heavy atom. The van der Waals surface area contributed by atoms with Gasteiger partial charge in [0.1, 0.15) is 6.29 Å². The molecule has 1 fully saturated rings. The normalized spacial score (nSPS) is 31.4. The van der Waals surface area contributed by atoms with Crippen molar-refractivity contribution in [3.63, 3.8) is 0 Å². The summed E-state index contributed by atoms with van der Waals surface area (Å²) in [5.41, 5.74) is 1.16. The fraction of sp³-hybridized carbons (Fsp3) is 0.625. The van der Waals surface area contributed by atoms with E-state index in [4.69, 9.17) is 16.3 Å². The van der Waals surface area contributed by atoms with Crippen LogP contribution in [0.2, 0.25) is 0 Å². The SMILES string of the molecule is O=CC1(C/C=C/Cl)CCOC1. The van der Waals surface area contributed by atoms with E-state index in [0.29, 0.717) is 19.6 Å². The van der Waals surface area contributed by atoms with E-state index < -0.39 is 0 Å². The molecular formula is C8H11ClO2. The van der Waals surface area contributed by atoms with Crippen LogP contribution in [0.15, 0.2) is 11.6 Å². The molecule has 1 heterocycles. The second-order valence-corrected chi connectivity index (χ2v) is 3.10. The average Bonchev–Trinajstić information content (AvgIpc) is 2.50. The molecule has 1 aliphatic heterocycles. The molecule has 1 atom stereocenters. The van der Waals surface area contributed by atoms with E-state index in [0.717, 1.165) is 12.7 Å². The molecule has 3 heteroatoms. The van der Waals surface area contributed by atoms with Crippen LogP contribution in [-0.2, 0) is 9.53 Å². The fourth-order valence-electron chi connectivity index (χ4n) is 1.20. The van der Waals surface area contributed by atoms with Crippen molar-refractivity contribution in [2.75, 3.05) is 13.2 Å². The zero-order valence-electron chi connectivity index (χ0n) is 6.25. The van der Waals surface area contributed by atoms with Crippen molar-refractivity contribution < 1.29 is 9.53 Å². The lowest BCUT2D eigenvalue weighted by molar-refractivity contribution is -0.116. The van der Waals surface area contributed by atoms with Gasteiger partial charge in [-0.2, -0.15) is 0 Å². The predicted octanol–water partition coefficient (Wildman–Crippen LogP) is 1.73. The summed E-state index contributed by atoms with van der Waals surface area (Å²) in [5.74, 6) is 0. The van der Waals surface area contributed by atoms with Crippen LogP contribution in [0.1, 0.15) is 12.8 Å². The van der Waals surface area contributed by atoms with Crippen LogP contribution in [0.25, 0.3) is 0 Å². The summed E-state index contributed by atoms with van der Waals surface area (Å²) < 4.78 is 5.14. The Hall–Kier alpha value is -0.340. The highest BCUT2D eigenvalue weighted by Crippen LogP contribution is 2.30. The minimum absolute atomic E-state index is 0.286. The minimum Gasteiger partial charge on any atom is -0.380 e. The fourth-order valence-corrected chi connectivity index (χ4v) is 1.29. The van der Waals surface area contributed by atoms with Crippen molar-refractivity contribution in [1.82, 2.24) is 0 Å². The molecule has 1 aliphatic rings. The van der Waals surface area contributed by atoms with Gasteiger partial charge in [-0.3, -0.25) is 0 Å². The average molecular weight is 175 g/mol. The standard InChI is InChI=1S/C8H11ClO2/c9-4-1-2-8(6-10)3-5-11-7-8/h1,4,6H,2-3,5,7H2/b4-1+. The van der Waals surface area contributed by atoms with Crippen molar-refractivity contribution >= 4 is 17.9 Å². The topological polar surface area (TPSA) is 26.3 Å². The van der Waals surface area contributed by atoms with Gasteiger partial charge < -0.3 is 9.53 Å². The van der Waals surface area contributed by atoms with E-state index in [2.05, 4.69) is 0 Å². The van der Waals surface area contributed by atoms with Crippen LogP contribution in [0, 0.1) is 5.41 Å². The quantitative estimate of drug-likeness (QED) is 0.610. The zero-order chi connectivity index (χ0) is 8.16. The van der Waals surface area contributed by atoms with Gasteiger partial charge in [0.15, 0.2) is 0 Å². The molecule has 0 aromatic heterocycles. The molecule has 0 amide bonds. The van der Waals surface area contributed by atoms with Crippen molar-refractivity contribution in [2.24, 2.45) is 5.41 Å². The van der Waals surface area contributed by atoms with E-state index in [1.54, 1.807) is 6.08 Å². The summed E-state index contributed by atoms with van der Waals surface area (Å²) in [6.45, 7) is 1.23. The third kappa shape index (κ3) is 2.04. The zero-order valence-corrected chi connectivity index (χ0v) is 7.01. The Morgan fingerprint density at radius 3 is 2.91 bits per heavy atom. The van der Waals surface area contributed by atoms with Gasteiger partial charge in [0.2, 0.25) is 0 Å². The number of carbonyl (C=O) groups is 1. The minimum atomic E-state index is -0.286. The molecule has 0 aromatic carbocycles. The highest BCUT2D eigenvalue weighted by Gasteiger charge is 2.33. The molecule has 11 heavy (non-hydrogen) atoms. The summed E-state index contributed by atoms with van der Waals surface area (Å²) in [4.78, 5) is 10.7. The van der Waals surface area contributed by atoms with E-state index in [9.17, 15) is 4.79 Å². The number of carbonyl (C=O) groups excluding carboxylic acids is 1. The Labute approximate surface area is 71.2 Å². The van der Waals surface area contributed by atoms with Crippen molar-refractivity contribution in [1.29, 1.82) is 0 Å². The van der Waals surface area contributed by atoms with Crippen LogP contribution >= 0.6 is 11.6 Å². The lowest BCUT2D eigenvalue weighted by Gasteiger charge is -2.16. The molecule has 0 saturated carbocycles. The van der Waals surface area contributed by atoms with E-state index in [1.807, 2.05) is 0 Å². The molecule has 0 aromatic rings. The second-order valence-electron chi connectivity index (χ2n) is 2.85. The predicted molar refractivity (Wildman–Crippen MR) is 43.5 cm³/mol. The third-order valence-electron chi connectivity index (χ3n) is 2.00.